The lowest BCUT2D eigenvalue weighted by Gasteiger charge is -2.08. The predicted octanol–water partition coefficient (Wildman–Crippen LogP) is -0.718. The van der Waals surface area contributed by atoms with Crippen molar-refractivity contribution in [3.05, 3.63) is 0 Å². The molecule has 0 amide bonds. The van der Waals surface area contributed by atoms with Crippen molar-refractivity contribution in [1.82, 2.24) is 0 Å². The molecule has 0 aliphatic carbocycles. The van der Waals surface area contributed by atoms with Gasteiger partial charge in [-0.05, 0) is 6.42 Å². The fourth-order valence-electron chi connectivity index (χ4n) is 0.394. The molecule has 0 spiro atoms. The Morgan fingerprint density at radius 2 is 2.44 bits per heavy atom. The molecule has 0 saturated carbocycles. The lowest BCUT2D eigenvalue weighted by molar-refractivity contribution is -0.147. The smallest absolute Gasteiger partial charge is 0.378 e. The average Bonchev–Trinajstić information content (AvgIpc) is 1.90. The summed E-state index contributed by atoms with van der Waals surface area (Å²) < 4.78 is 3.85. The molecule has 0 fully saturated rings. The molecule has 2 radical (unpaired) electrons. The molecule has 0 aliphatic heterocycles. The Hall–Kier alpha value is -0.545. The van der Waals surface area contributed by atoms with Crippen molar-refractivity contribution in [2.75, 3.05) is 0 Å². The molecule has 5 heteroatoms. The van der Waals surface area contributed by atoms with Gasteiger partial charge in [0.25, 0.3) is 0 Å². The van der Waals surface area contributed by atoms with Gasteiger partial charge in [0.1, 0.15) is 0 Å². The molecule has 0 heterocycles. The molecule has 0 rings (SSSR count). The number of nitrogens with two attached hydrogens (primary N) is 1. The highest BCUT2D eigenvalue weighted by molar-refractivity contribution is 6.06. The molecule has 0 aliphatic rings. The summed E-state index contributed by atoms with van der Waals surface area (Å²) in [4.78, 5) is 14.6. The average molecular weight is 129 g/mol. The lowest BCUT2D eigenvalue weighted by atomic mass is 10.3. The molecular formula is C4H8BNO3. The molecule has 0 aromatic heterocycles. The standard InChI is InChI=1S/C4H8BNO3/c1-2-3(9-6)4(7)8-5/h3H,2,6H2,1H3/t3-/m1/s1. The van der Waals surface area contributed by atoms with Gasteiger partial charge < -0.3 is 4.65 Å². The van der Waals surface area contributed by atoms with Crippen LogP contribution in [0.1, 0.15) is 13.3 Å². The zero-order valence-corrected chi connectivity index (χ0v) is 5.16. The van der Waals surface area contributed by atoms with Crippen LogP contribution in [-0.2, 0) is 14.3 Å². The highest BCUT2D eigenvalue weighted by Crippen LogP contribution is 1.95. The van der Waals surface area contributed by atoms with Crippen LogP contribution in [0.4, 0.5) is 0 Å². The first kappa shape index (κ1) is 8.45. The van der Waals surface area contributed by atoms with Gasteiger partial charge in [0.15, 0.2) is 6.10 Å². The molecule has 0 aromatic rings. The van der Waals surface area contributed by atoms with E-state index in [1.54, 1.807) is 6.92 Å². The molecule has 0 aromatic carbocycles. The SMILES string of the molecule is [B]OC(=O)[C@@H](CC)ON. The van der Waals surface area contributed by atoms with Gasteiger partial charge in [0.2, 0.25) is 0 Å². The van der Waals surface area contributed by atoms with Crippen LogP contribution in [0.15, 0.2) is 0 Å². The fourth-order valence-corrected chi connectivity index (χ4v) is 0.394. The van der Waals surface area contributed by atoms with Gasteiger partial charge in [0.05, 0.1) is 0 Å². The van der Waals surface area contributed by atoms with Crippen LogP contribution >= 0.6 is 0 Å². The largest absolute Gasteiger partial charge is 0.541 e. The fraction of sp³-hybridized carbons (Fsp3) is 0.750. The zero-order valence-electron chi connectivity index (χ0n) is 5.16. The van der Waals surface area contributed by atoms with Gasteiger partial charge in [0, 0.05) is 0 Å². The van der Waals surface area contributed by atoms with Gasteiger partial charge in [-0.1, -0.05) is 6.92 Å². The first-order chi connectivity index (χ1) is 4.26. The van der Waals surface area contributed by atoms with Crippen LogP contribution < -0.4 is 5.90 Å². The Morgan fingerprint density at radius 3 is 2.56 bits per heavy atom. The molecule has 0 unspecified atom stereocenters. The summed E-state index contributed by atoms with van der Waals surface area (Å²) in [5.41, 5.74) is 0. The third kappa shape index (κ3) is 2.48. The van der Waals surface area contributed by atoms with E-state index in [0.717, 1.165) is 0 Å². The minimum absolute atomic E-state index is 0.451. The van der Waals surface area contributed by atoms with Crippen molar-refractivity contribution >= 4 is 14.0 Å². The topological polar surface area (TPSA) is 61.5 Å². The van der Waals surface area contributed by atoms with E-state index in [2.05, 4.69) is 17.5 Å². The molecule has 50 valence electrons. The van der Waals surface area contributed by atoms with Crippen LogP contribution in [0.3, 0.4) is 0 Å². The molecular weight excluding hydrogens is 121 g/mol. The molecule has 0 bridgehead atoms. The maximum absolute atomic E-state index is 10.4. The van der Waals surface area contributed by atoms with Crippen molar-refractivity contribution in [2.45, 2.75) is 19.4 Å². The summed E-state index contributed by atoms with van der Waals surface area (Å²) in [6.07, 6.45) is -0.290. The van der Waals surface area contributed by atoms with Crippen LogP contribution in [-0.4, -0.2) is 20.1 Å². The monoisotopic (exact) mass is 129 g/mol. The predicted molar refractivity (Wildman–Crippen MR) is 31.2 cm³/mol. The first-order valence-electron chi connectivity index (χ1n) is 2.52. The Balaban J connectivity index is 3.64. The Morgan fingerprint density at radius 1 is 1.89 bits per heavy atom. The minimum atomic E-state index is -0.741. The highest BCUT2D eigenvalue weighted by atomic mass is 16.6. The van der Waals surface area contributed by atoms with Gasteiger partial charge >= 0.3 is 14.0 Å². The number of carbonyl (C=O) groups excluding carboxylic acids is 1. The van der Waals surface area contributed by atoms with E-state index >= 15 is 0 Å². The second-order valence-corrected chi connectivity index (χ2v) is 1.47. The van der Waals surface area contributed by atoms with Crippen molar-refractivity contribution in [3.63, 3.8) is 0 Å². The van der Waals surface area contributed by atoms with Crippen molar-refractivity contribution in [2.24, 2.45) is 5.90 Å². The van der Waals surface area contributed by atoms with Gasteiger partial charge in [-0.15, -0.1) is 0 Å². The first-order valence-corrected chi connectivity index (χ1v) is 2.52. The van der Waals surface area contributed by atoms with Gasteiger partial charge in [-0.3, -0.25) is 9.63 Å². The van der Waals surface area contributed by atoms with E-state index in [-0.39, 0.29) is 0 Å². The maximum atomic E-state index is 10.4. The maximum Gasteiger partial charge on any atom is 0.378 e. The summed E-state index contributed by atoms with van der Waals surface area (Å²) >= 11 is 0. The molecule has 1 atom stereocenters. The Labute approximate surface area is 54.7 Å². The van der Waals surface area contributed by atoms with Gasteiger partial charge in [-0.25, -0.2) is 5.90 Å². The number of hydrogen-bond acceptors (Lipinski definition) is 4. The van der Waals surface area contributed by atoms with Crippen LogP contribution in [0.2, 0.25) is 0 Å². The summed E-state index contributed by atoms with van der Waals surface area (Å²) in [5, 5.41) is 0. The van der Waals surface area contributed by atoms with E-state index in [1.165, 1.54) is 0 Å². The van der Waals surface area contributed by atoms with E-state index in [1.807, 2.05) is 0 Å². The van der Waals surface area contributed by atoms with E-state index < -0.39 is 12.1 Å². The molecule has 4 nitrogen and oxygen atoms in total. The zero-order chi connectivity index (χ0) is 7.28. The van der Waals surface area contributed by atoms with Crippen molar-refractivity contribution in [1.29, 1.82) is 0 Å². The van der Waals surface area contributed by atoms with E-state index in [4.69, 9.17) is 5.90 Å². The normalized spacial score (nSPS) is 12.7. The van der Waals surface area contributed by atoms with Crippen molar-refractivity contribution < 1.29 is 14.3 Å². The third-order valence-electron chi connectivity index (χ3n) is 0.914. The lowest BCUT2D eigenvalue weighted by Crippen LogP contribution is -2.27. The second-order valence-electron chi connectivity index (χ2n) is 1.47. The molecule has 2 N–H and O–H groups in total. The van der Waals surface area contributed by atoms with Crippen molar-refractivity contribution in [3.8, 4) is 0 Å². The minimum Gasteiger partial charge on any atom is -0.541 e. The van der Waals surface area contributed by atoms with Crippen LogP contribution in [0, 0.1) is 0 Å². The Kier molecular flexibility index (Phi) is 4.08. The van der Waals surface area contributed by atoms with Crippen LogP contribution in [0.5, 0.6) is 0 Å². The van der Waals surface area contributed by atoms with E-state index in [9.17, 15) is 4.79 Å². The third-order valence-corrected chi connectivity index (χ3v) is 0.914. The molecule has 9 heavy (non-hydrogen) atoms. The second kappa shape index (κ2) is 4.35. The number of carbonyl (C=O) groups is 1. The summed E-state index contributed by atoms with van der Waals surface area (Å²) in [6, 6.07) is 0. The summed E-state index contributed by atoms with van der Waals surface area (Å²) in [6.45, 7) is 1.73. The number of rotatable bonds is 3. The van der Waals surface area contributed by atoms with Gasteiger partial charge in [-0.2, -0.15) is 0 Å². The molecule has 0 saturated heterocycles. The summed E-state index contributed by atoms with van der Waals surface area (Å²) in [5.74, 6) is 4.05. The Bertz CT molecular complexity index is 93.8. The summed E-state index contributed by atoms with van der Waals surface area (Å²) in [7, 11) is 4.54. The van der Waals surface area contributed by atoms with E-state index in [0.29, 0.717) is 6.42 Å². The highest BCUT2D eigenvalue weighted by Gasteiger charge is 2.14. The number of hydrogen-bond donors (Lipinski definition) is 1. The van der Waals surface area contributed by atoms with Crippen LogP contribution in [0.25, 0.3) is 0 Å². The quantitative estimate of drug-likeness (QED) is 0.403.